The number of carbonyl (C=O) groups excluding carboxylic acids is 1. The second-order valence-electron chi connectivity index (χ2n) is 7.59. The highest BCUT2D eigenvalue weighted by Crippen LogP contribution is 2.31. The molecule has 0 aliphatic heterocycles. The van der Waals surface area contributed by atoms with Crippen molar-refractivity contribution in [2.75, 3.05) is 0 Å². The Morgan fingerprint density at radius 3 is 2.53 bits per heavy atom. The zero-order chi connectivity index (χ0) is 21.3. The number of thiophene rings is 1. The largest absolute Gasteiger partial charge is 0.292 e. The molecule has 0 N–H and O–H groups in total. The van der Waals surface area contributed by atoms with Crippen LogP contribution in [-0.4, -0.2) is 15.3 Å². The van der Waals surface area contributed by atoms with Gasteiger partial charge in [0.1, 0.15) is 10.7 Å². The van der Waals surface area contributed by atoms with E-state index in [1.165, 1.54) is 11.3 Å². The number of ketones is 1. The molecule has 0 aliphatic rings. The van der Waals surface area contributed by atoms with E-state index >= 15 is 0 Å². The highest BCUT2D eigenvalue weighted by molar-refractivity contribution is 7.17. The number of fused-ring (bicyclic) bond motifs is 1. The summed E-state index contributed by atoms with van der Waals surface area (Å²) in [5.41, 5.74) is 4.56. The van der Waals surface area contributed by atoms with Crippen LogP contribution < -0.4 is 5.56 Å². The zero-order valence-corrected chi connectivity index (χ0v) is 18.3. The molecule has 0 saturated heterocycles. The first-order valence-electron chi connectivity index (χ1n) is 10.2. The van der Waals surface area contributed by atoms with Crippen LogP contribution in [0.2, 0.25) is 0 Å². The van der Waals surface area contributed by atoms with Gasteiger partial charge in [-0.15, -0.1) is 11.3 Å². The number of benzene rings is 2. The van der Waals surface area contributed by atoms with Crippen molar-refractivity contribution in [2.45, 2.75) is 40.2 Å². The van der Waals surface area contributed by atoms with E-state index in [0.29, 0.717) is 23.2 Å². The average Bonchev–Trinajstić information content (AvgIpc) is 3.17. The van der Waals surface area contributed by atoms with Crippen LogP contribution in [0.4, 0.5) is 0 Å². The molecule has 152 valence electrons. The molecule has 0 saturated carbocycles. The second kappa shape index (κ2) is 8.36. The van der Waals surface area contributed by atoms with Gasteiger partial charge in [-0.3, -0.25) is 14.2 Å². The molecule has 2 aromatic carbocycles. The van der Waals surface area contributed by atoms with Crippen molar-refractivity contribution >= 4 is 27.3 Å². The predicted octanol–water partition coefficient (Wildman–Crippen LogP) is 5.58. The van der Waals surface area contributed by atoms with E-state index in [-0.39, 0.29) is 17.9 Å². The Morgan fingerprint density at radius 2 is 1.83 bits per heavy atom. The monoisotopic (exact) mass is 416 g/mol. The normalized spacial score (nSPS) is 11.2. The van der Waals surface area contributed by atoms with Crippen molar-refractivity contribution in [1.82, 2.24) is 9.55 Å². The molecule has 30 heavy (non-hydrogen) atoms. The molecule has 4 nitrogen and oxygen atoms in total. The number of carbonyl (C=O) groups is 1. The van der Waals surface area contributed by atoms with Gasteiger partial charge >= 0.3 is 0 Å². The molecule has 0 amide bonds. The van der Waals surface area contributed by atoms with Crippen molar-refractivity contribution in [3.05, 3.63) is 86.8 Å². The van der Waals surface area contributed by atoms with Gasteiger partial charge in [-0.2, -0.15) is 0 Å². The Labute approximate surface area is 179 Å². The van der Waals surface area contributed by atoms with Gasteiger partial charge in [0.05, 0.1) is 11.9 Å². The lowest BCUT2D eigenvalue weighted by molar-refractivity contribution is 0.0969. The predicted molar refractivity (Wildman–Crippen MR) is 124 cm³/mol. The van der Waals surface area contributed by atoms with Crippen LogP contribution in [0.5, 0.6) is 0 Å². The van der Waals surface area contributed by atoms with Gasteiger partial charge in [-0.1, -0.05) is 49.4 Å². The third-order valence-corrected chi connectivity index (χ3v) is 6.33. The molecule has 5 heteroatoms. The first-order valence-corrected chi connectivity index (χ1v) is 11.0. The number of hydrogen-bond donors (Lipinski definition) is 0. The number of Topliss-reactive ketones (excluding diaryl/α,β-unsaturated/α-hetero) is 1. The van der Waals surface area contributed by atoms with Gasteiger partial charge in [0.15, 0.2) is 5.78 Å². The average molecular weight is 417 g/mol. The quantitative estimate of drug-likeness (QED) is 0.386. The van der Waals surface area contributed by atoms with Crippen LogP contribution in [0, 0.1) is 13.8 Å². The van der Waals surface area contributed by atoms with Crippen molar-refractivity contribution in [2.24, 2.45) is 0 Å². The Hall–Kier alpha value is -3.05. The molecule has 0 fully saturated rings. The lowest BCUT2D eigenvalue weighted by atomic mass is 10.0. The summed E-state index contributed by atoms with van der Waals surface area (Å²) in [6, 6.07) is 15.5. The summed E-state index contributed by atoms with van der Waals surface area (Å²) >= 11 is 1.48. The number of rotatable bonds is 6. The Morgan fingerprint density at radius 1 is 1.07 bits per heavy atom. The van der Waals surface area contributed by atoms with Gasteiger partial charge < -0.3 is 0 Å². The smallest absolute Gasteiger partial charge is 0.263 e. The summed E-state index contributed by atoms with van der Waals surface area (Å²) in [5.74, 6) is 0.601. The van der Waals surface area contributed by atoms with Crippen LogP contribution in [0.1, 0.15) is 40.7 Å². The fourth-order valence-electron chi connectivity index (χ4n) is 3.62. The SMILES string of the molecule is CCCc1nc2scc(-c3ccccc3)c2c(=O)n1CC(=O)c1ccc(C)c(C)c1. The van der Waals surface area contributed by atoms with Crippen LogP contribution in [0.3, 0.4) is 0 Å². The summed E-state index contributed by atoms with van der Waals surface area (Å²) in [4.78, 5) is 32.1. The third-order valence-electron chi connectivity index (χ3n) is 5.46. The van der Waals surface area contributed by atoms with E-state index in [1.807, 2.05) is 67.8 Å². The Kier molecular flexibility index (Phi) is 5.64. The lowest BCUT2D eigenvalue weighted by Crippen LogP contribution is -2.28. The van der Waals surface area contributed by atoms with Crippen molar-refractivity contribution in [3.8, 4) is 11.1 Å². The molecular formula is C25H24N2O2S. The summed E-state index contributed by atoms with van der Waals surface area (Å²) in [6.07, 6.45) is 1.51. The van der Waals surface area contributed by atoms with E-state index < -0.39 is 0 Å². The molecule has 2 aromatic heterocycles. The molecule has 0 radical (unpaired) electrons. The molecule has 0 bridgehead atoms. The highest BCUT2D eigenvalue weighted by Gasteiger charge is 2.19. The third kappa shape index (κ3) is 3.73. The van der Waals surface area contributed by atoms with Crippen molar-refractivity contribution < 1.29 is 4.79 Å². The number of aromatic nitrogens is 2. The molecule has 0 atom stereocenters. The van der Waals surface area contributed by atoms with Crippen LogP contribution in [0.15, 0.2) is 58.7 Å². The fourth-order valence-corrected chi connectivity index (χ4v) is 4.58. The Balaban J connectivity index is 1.83. The Bertz CT molecular complexity index is 1290. The van der Waals surface area contributed by atoms with Crippen molar-refractivity contribution in [1.29, 1.82) is 0 Å². The van der Waals surface area contributed by atoms with Gasteiger partial charge in [-0.05, 0) is 43.0 Å². The minimum Gasteiger partial charge on any atom is -0.292 e. The molecule has 4 aromatic rings. The molecule has 0 spiro atoms. The standard InChI is InChI=1S/C25H24N2O2S/c1-4-8-22-26-24-23(20(15-30-24)18-9-6-5-7-10-18)25(29)27(22)14-21(28)19-12-11-16(2)17(3)13-19/h5-7,9-13,15H,4,8,14H2,1-3H3. The molecular weight excluding hydrogens is 392 g/mol. The van der Waals surface area contributed by atoms with E-state index in [0.717, 1.165) is 33.5 Å². The van der Waals surface area contributed by atoms with Crippen LogP contribution >= 0.6 is 11.3 Å². The summed E-state index contributed by atoms with van der Waals surface area (Å²) in [5, 5.41) is 2.58. The van der Waals surface area contributed by atoms with Gasteiger partial charge in [0, 0.05) is 22.9 Å². The van der Waals surface area contributed by atoms with Gasteiger partial charge in [-0.25, -0.2) is 4.98 Å². The number of hydrogen-bond acceptors (Lipinski definition) is 4. The van der Waals surface area contributed by atoms with Crippen LogP contribution in [-0.2, 0) is 13.0 Å². The maximum Gasteiger partial charge on any atom is 0.263 e. The van der Waals surface area contributed by atoms with Crippen molar-refractivity contribution in [3.63, 3.8) is 0 Å². The number of nitrogens with zero attached hydrogens (tertiary/aromatic N) is 2. The maximum absolute atomic E-state index is 13.5. The highest BCUT2D eigenvalue weighted by atomic mass is 32.1. The fraction of sp³-hybridized carbons (Fsp3) is 0.240. The summed E-state index contributed by atoms with van der Waals surface area (Å²) in [7, 11) is 0. The molecule has 4 rings (SSSR count). The van der Waals surface area contributed by atoms with E-state index in [1.54, 1.807) is 4.57 Å². The molecule has 0 unspecified atom stereocenters. The van der Waals surface area contributed by atoms with E-state index in [9.17, 15) is 9.59 Å². The number of aryl methyl sites for hydroxylation is 3. The molecule has 0 aliphatic carbocycles. The van der Waals surface area contributed by atoms with Gasteiger partial charge in [0.25, 0.3) is 5.56 Å². The van der Waals surface area contributed by atoms with Crippen LogP contribution in [0.25, 0.3) is 21.3 Å². The minimum absolute atomic E-state index is 0.00365. The summed E-state index contributed by atoms with van der Waals surface area (Å²) in [6.45, 7) is 6.07. The van der Waals surface area contributed by atoms with E-state index in [2.05, 4.69) is 6.92 Å². The molecule has 2 heterocycles. The summed E-state index contributed by atoms with van der Waals surface area (Å²) < 4.78 is 1.57. The zero-order valence-electron chi connectivity index (χ0n) is 17.4. The van der Waals surface area contributed by atoms with Gasteiger partial charge in [0.2, 0.25) is 0 Å². The maximum atomic E-state index is 13.5. The first kappa shape index (κ1) is 20.2. The topological polar surface area (TPSA) is 52.0 Å². The lowest BCUT2D eigenvalue weighted by Gasteiger charge is -2.12. The second-order valence-corrected chi connectivity index (χ2v) is 8.45. The van der Waals surface area contributed by atoms with E-state index in [4.69, 9.17) is 4.98 Å². The first-order chi connectivity index (χ1) is 14.5. The minimum atomic E-state index is -0.138.